The van der Waals surface area contributed by atoms with Gasteiger partial charge in [0, 0.05) is 5.56 Å². The van der Waals surface area contributed by atoms with Crippen molar-refractivity contribution in [3.8, 4) is 5.75 Å². The normalized spacial score (nSPS) is 11.6. The second-order valence-corrected chi connectivity index (χ2v) is 5.08. The highest BCUT2D eigenvalue weighted by Gasteiger charge is 2.09. The van der Waals surface area contributed by atoms with Crippen molar-refractivity contribution in [2.75, 3.05) is 13.2 Å². The minimum atomic E-state index is -0.142. The van der Waals surface area contributed by atoms with Crippen molar-refractivity contribution in [3.05, 3.63) is 29.3 Å². The molecule has 17 heavy (non-hydrogen) atoms. The van der Waals surface area contributed by atoms with Crippen LogP contribution in [0.3, 0.4) is 0 Å². The molecule has 0 heterocycles. The van der Waals surface area contributed by atoms with E-state index in [-0.39, 0.29) is 12.2 Å². The molecular formula is C14H22O3. The van der Waals surface area contributed by atoms with Crippen LogP contribution in [0.1, 0.15) is 31.9 Å². The fourth-order valence-corrected chi connectivity index (χ4v) is 1.47. The van der Waals surface area contributed by atoms with Gasteiger partial charge in [0.25, 0.3) is 0 Å². The predicted octanol–water partition coefficient (Wildman–Crippen LogP) is 2.68. The zero-order chi connectivity index (χ0) is 12.9. The molecule has 96 valence electrons. The quantitative estimate of drug-likeness (QED) is 0.802. The van der Waals surface area contributed by atoms with Crippen LogP contribution in [0.2, 0.25) is 0 Å². The van der Waals surface area contributed by atoms with Crippen LogP contribution in [-0.2, 0) is 11.3 Å². The summed E-state index contributed by atoms with van der Waals surface area (Å²) >= 11 is 0. The Morgan fingerprint density at radius 2 is 1.88 bits per heavy atom. The van der Waals surface area contributed by atoms with Crippen LogP contribution in [0.25, 0.3) is 0 Å². The highest BCUT2D eigenvalue weighted by Crippen LogP contribution is 2.20. The van der Waals surface area contributed by atoms with E-state index in [9.17, 15) is 5.11 Å². The molecule has 0 saturated heterocycles. The lowest BCUT2D eigenvalue weighted by Gasteiger charge is -2.20. The summed E-state index contributed by atoms with van der Waals surface area (Å²) in [6.07, 6.45) is 0. The van der Waals surface area contributed by atoms with E-state index in [1.807, 2.05) is 45.9 Å². The molecular weight excluding hydrogens is 216 g/mol. The molecule has 0 aliphatic rings. The molecule has 0 aliphatic heterocycles. The van der Waals surface area contributed by atoms with Crippen molar-refractivity contribution >= 4 is 0 Å². The molecule has 1 aromatic rings. The summed E-state index contributed by atoms with van der Waals surface area (Å²) in [5, 5.41) is 9.22. The monoisotopic (exact) mass is 238 g/mol. The molecule has 0 aliphatic carbocycles. The van der Waals surface area contributed by atoms with E-state index in [0.29, 0.717) is 13.2 Å². The molecule has 0 saturated carbocycles. The van der Waals surface area contributed by atoms with Crippen molar-refractivity contribution in [1.82, 2.24) is 0 Å². The minimum absolute atomic E-state index is 0.00284. The molecule has 0 bridgehead atoms. The third-order valence-corrected chi connectivity index (χ3v) is 2.26. The molecule has 0 radical (unpaired) electrons. The third-order valence-electron chi connectivity index (χ3n) is 2.26. The molecule has 1 rings (SSSR count). The van der Waals surface area contributed by atoms with Gasteiger partial charge < -0.3 is 14.6 Å². The Bertz CT molecular complexity index is 353. The second kappa shape index (κ2) is 6.03. The van der Waals surface area contributed by atoms with Crippen molar-refractivity contribution in [2.24, 2.45) is 0 Å². The summed E-state index contributed by atoms with van der Waals surface area (Å²) in [5.41, 5.74) is 1.80. The first-order chi connectivity index (χ1) is 7.92. The predicted molar refractivity (Wildman–Crippen MR) is 68.3 cm³/mol. The molecule has 0 atom stereocenters. The van der Waals surface area contributed by atoms with E-state index < -0.39 is 0 Å². The largest absolute Gasteiger partial charge is 0.491 e. The molecule has 0 aromatic heterocycles. The molecule has 3 nitrogen and oxygen atoms in total. The summed E-state index contributed by atoms with van der Waals surface area (Å²) < 4.78 is 11.2. The van der Waals surface area contributed by atoms with Crippen LogP contribution in [0.5, 0.6) is 5.75 Å². The van der Waals surface area contributed by atoms with Gasteiger partial charge in [-0.2, -0.15) is 0 Å². The Hall–Kier alpha value is -1.06. The Kier molecular flexibility index (Phi) is 4.97. The number of hydrogen-bond donors (Lipinski definition) is 1. The summed E-state index contributed by atoms with van der Waals surface area (Å²) in [5.74, 6) is 0.732. The first-order valence-electron chi connectivity index (χ1n) is 5.89. The van der Waals surface area contributed by atoms with Crippen LogP contribution < -0.4 is 4.74 Å². The Morgan fingerprint density at radius 3 is 2.47 bits per heavy atom. The zero-order valence-electron chi connectivity index (χ0n) is 11.1. The van der Waals surface area contributed by atoms with Crippen LogP contribution in [0, 0.1) is 6.92 Å². The third kappa shape index (κ3) is 5.20. The molecule has 3 heteroatoms. The maximum absolute atomic E-state index is 9.22. The topological polar surface area (TPSA) is 38.7 Å². The maximum atomic E-state index is 9.22. The van der Waals surface area contributed by atoms with Gasteiger partial charge >= 0.3 is 0 Å². The summed E-state index contributed by atoms with van der Waals surface area (Å²) in [6, 6.07) is 5.79. The summed E-state index contributed by atoms with van der Waals surface area (Å²) in [6.45, 7) is 9.06. The van der Waals surface area contributed by atoms with E-state index >= 15 is 0 Å². The van der Waals surface area contributed by atoms with Gasteiger partial charge in [-0.15, -0.1) is 0 Å². The van der Waals surface area contributed by atoms with E-state index in [2.05, 4.69) is 0 Å². The number of ether oxygens (including phenoxy) is 2. The lowest BCUT2D eigenvalue weighted by Crippen LogP contribution is -2.22. The molecule has 0 amide bonds. The average molecular weight is 238 g/mol. The molecule has 1 N–H and O–H groups in total. The number of aliphatic hydroxyl groups excluding tert-OH is 1. The fraction of sp³-hybridized carbons (Fsp3) is 0.571. The minimum Gasteiger partial charge on any atom is -0.491 e. The fourth-order valence-electron chi connectivity index (χ4n) is 1.47. The number of aliphatic hydroxyl groups is 1. The lowest BCUT2D eigenvalue weighted by molar-refractivity contribution is -0.0165. The Balaban J connectivity index is 2.46. The van der Waals surface area contributed by atoms with E-state index in [1.54, 1.807) is 0 Å². The standard InChI is InChI=1S/C14H22O3/c1-11-5-6-13(12(9-11)10-15)16-7-8-17-14(2,3)4/h5-6,9,15H,7-8,10H2,1-4H3. The first kappa shape index (κ1) is 14.0. The van der Waals surface area contributed by atoms with Crippen LogP contribution in [-0.4, -0.2) is 23.9 Å². The number of aryl methyl sites for hydroxylation is 1. The number of rotatable bonds is 5. The first-order valence-corrected chi connectivity index (χ1v) is 5.89. The molecule has 0 fully saturated rings. The van der Waals surface area contributed by atoms with Gasteiger partial charge in [-0.25, -0.2) is 0 Å². The number of hydrogen-bond acceptors (Lipinski definition) is 3. The van der Waals surface area contributed by atoms with E-state index in [1.165, 1.54) is 0 Å². The van der Waals surface area contributed by atoms with Gasteiger partial charge in [0.15, 0.2) is 0 Å². The van der Waals surface area contributed by atoms with Crippen molar-refractivity contribution in [1.29, 1.82) is 0 Å². The zero-order valence-corrected chi connectivity index (χ0v) is 11.1. The molecule has 1 aromatic carbocycles. The Morgan fingerprint density at radius 1 is 1.18 bits per heavy atom. The van der Waals surface area contributed by atoms with Gasteiger partial charge in [0.2, 0.25) is 0 Å². The van der Waals surface area contributed by atoms with Gasteiger partial charge in [0.05, 0.1) is 18.8 Å². The van der Waals surface area contributed by atoms with Crippen molar-refractivity contribution in [3.63, 3.8) is 0 Å². The second-order valence-electron chi connectivity index (χ2n) is 5.08. The van der Waals surface area contributed by atoms with Crippen LogP contribution in [0.15, 0.2) is 18.2 Å². The molecule has 0 spiro atoms. The summed E-state index contributed by atoms with van der Waals surface area (Å²) in [7, 11) is 0. The van der Waals surface area contributed by atoms with Crippen LogP contribution in [0.4, 0.5) is 0 Å². The lowest BCUT2D eigenvalue weighted by atomic mass is 10.1. The van der Waals surface area contributed by atoms with Gasteiger partial charge in [-0.3, -0.25) is 0 Å². The van der Waals surface area contributed by atoms with E-state index in [4.69, 9.17) is 9.47 Å². The van der Waals surface area contributed by atoms with Crippen molar-refractivity contribution in [2.45, 2.75) is 39.9 Å². The van der Waals surface area contributed by atoms with Crippen molar-refractivity contribution < 1.29 is 14.6 Å². The maximum Gasteiger partial charge on any atom is 0.124 e. The highest BCUT2D eigenvalue weighted by molar-refractivity contribution is 5.36. The Labute approximate surface area is 103 Å². The smallest absolute Gasteiger partial charge is 0.124 e. The van der Waals surface area contributed by atoms with E-state index in [0.717, 1.165) is 16.9 Å². The SMILES string of the molecule is Cc1ccc(OCCOC(C)(C)C)c(CO)c1. The van der Waals surface area contributed by atoms with Gasteiger partial charge in [0.1, 0.15) is 12.4 Å². The average Bonchev–Trinajstić information content (AvgIpc) is 2.24. The van der Waals surface area contributed by atoms with Gasteiger partial charge in [-0.05, 0) is 33.8 Å². The van der Waals surface area contributed by atoms with Crippen LogP contribution >= 0.6 is 0 Å². The van der Waals surface area contributed by atoms with Gasteiger partial charge in [-0.1, -0.05) is 17.7 Å². The highest BCUT2D eigenvalue weighted by atomic mass is 16.5. The summed E-state index contributed by atoms with van der Waals surface area (Å²) in [4.78, 5) is 0. The number of benzene rings is 1. The molecule has 0 unspecified atom stereocenters.